The molecule has 1 saturated carbocycles. The molecule has 0 atom stereocenters. The highest BCUT2D eigenvalue weighted by atomic mass is 79.9. The summed E-state index contributed by atoms with van der Waals surface area (Å²) in [5.41, 5.74) is 1.53. The van der Waals surface area contributed by atoms with E-state index in [0.717, 1.165) is 35.7 Å². The number of carbonyl (C=O) groups is 1. The minimum absolute atomic E-state index is 0.0489. The number of benzene rings is 2. The number of hydrogen-bond donors (Lipinski definition) is 3. The Morgan fingerprint density at radius 2 is 1.79 bits per heavy atom. The lowest BCUT2D eigenvalue weighted by molar-refractivity contribution is 0.0925. The summed E-state index contributed by atoms with van der Waals surface area (Å²) >= 11 is 3.38. The number of halogens is 1. The van der Waals surface area contributed by atoms with Crippen molar-refractivity contribution in [2.24, 2.45) is 0 Å². The van der Waals surface area contributed by atoms with Crippen molar-refractivity contribution in [1.82, 2.24) is 5.32 Å². The number of aromatic hydroxyl groups is 2. The summed E-state index contributed by atoms with van der Waals surface area (Å²) < 4.78 is 0.890. The van der Waals surface area contributed by atoms with Crippen LogP contribution in [0.3, 0.4) is 0 Å². The van der Waals surface area contributed by atoms with Crippen LogP contribution in [0.1, 0.15) is 47.5 Å². The van der Waals surface area contributed by atoms with Gasteiger partial charge in [0.25, 0.3) is 5.91 Å². The van der Waals surface area contributed by atoms with Gasteiger partial charge >= 0.3 is 0 Å². The summed E-state index contributed by atoms with van der Waals surface area (Å²) in [6.07, 6.45) is 3.57. The van der Waals surface area contributed by atoms with Gasteiger partial charge in [-0.2, -0.15) is 0 Å². The van der Waals surface area contributed by atoms with Crippen LogP contribution in [0, 0.1) is 0 Å². The maximum absolute atomic E-state index is 12.3. The zero-order valence-corrected chi connectivity index (χ0v) is 14.8. The van der Waals surface area contributed by atoms with Gasteiger partial charge in [0.2, 0.25) is 0 Å². The molecule has 0 unspecified atom stereocenters. The number of carbonyl (C=O) groups excluding carboxylic acids is 1. The van der Waals surface area contributed by atoms with E-state index in [2.05, 4.69) is 21.2 Å². The fourth-order valence-electron chi connectivity index (χ4n) is 3.32. The van der Waals surface area contributed by atoms with E-state index in [4.69, 9.17) is 0 Å². The number of rotatable bonds is 3. The lowest BCUT2D eigenvalue weighted by Crippen LogP contribution is -2.37. The van der Waals surface area contributed by atoms with Crippen LogP contribution in [0.2, 0.25) is 0 Å². The summed E-state index contributed by atoms with van der Waals surface area (Å²) in [5, 5.41) is 22.5. The Kier molecular flexibility index (Phi) is 5.09. The first kappa shape index (κ1) is 16.8. The highest BCUT2D eigenvalue weighted by Gasteiger charge is 2.25. The van der Waals surface area contributed by atoms with Crippen molar-refractivity contribution in [3.8, 4) is 11.5 Å². The Hall–Kier alpha value is -2.01. The Morgan fingerprint density at radius 3 is 2.46 bits per heavy atom. The van der Waals surface area contributed by atoms with Crippen LogP contribution in [-0.2, 0) is 0 Å². The molecule has 1 aliphatic rings. The molecule has 2 aromatic rings. The summed E-state index contributed by atoms with van der Waals surface area (Å²) in [6.45, 7) is 0. The van der Waals surface area contributed by atoms with E-state index in [1.807, 2.05) is 18.2 Å². The van der Waals surface area contributed by atoms with E-state index in [0.29, 0.717) is 5.56 Å². The van der Waals surface area contributed by atoms with Crippen molar-refractivity contribution >= 4 is 21.8 Å². The Morgan fingerprint density at radius 1 is 1.04 bits per heavy atom. The van der Waals surface area contributed by atoms with Crippen molar-refractivity contribution in [1.29, 1.82) is 0 Å². The number of phenolic OH excluding ortho intramolecular Hbond substituents is 2. The van der Waals surface area contributed by atoms with Crippen LogP contribution in [0.5, 0.6) is 11.5 Å². The number of nitrogens with one attached hydrogen (secondary N) is 1. The minimum atomic E-state index is -0.0489. The summed E-state index contributed by atoms with van der Waals surface area (Å²) in [6, 6.07) is 12.3. The van der Waals surface area contributed by atoms with Gasteiger partial charge in [0, 0.05) is 22.1 Å². The predicted molar refractivity (Wildman–Crippen MR) is 96.4 cm³/mol. The van der Waals surface area contributed by atoms with Crippen molar-refractivity contribution in [2.45, 2.75) is 37.6 Å². The Balaban J connectivity index is 1.58. The van der Waals surface area contributed by atoms with Gasteiger partial charge in [-0.15, -0.1) is 0 Å². The topological polar surface area (TPSA) is 69.6 Å². The van der Waals surface area contributed by atoms with Crippen molar-refractivity contribution in [2.75, 3.05) is 0 Å². The van der Waals surface area contributed by atoms with Gasteiger partial charge in [-0.05, 0) is 61.4 Å². The standard InChI is InChI=1S/C19H20BrNO3/c20-14-3-1-2-13(10-14)19(24)21-15-6-4-12(5-7-15)17-9-8-16(22)11-18(17)23/h1-3,8-12,15,22-23H,4-7H2,(H,21,24). The monoisotopic (exact) mass is 389 g/mol. The van der Waals surface area contributed by atoms with E-state index in [9.17, 15) is 15.0 Å². The predicted octanol–water partition coefficient (Wildman–Crippen LogP) is 4.32. The smallest absolute Gasteiger partial charge is 0.251 e. The number of hydrogen-bond acceptors (Lipinski definition) is 3. The van der Waals surface area contributed by atoms with Gasteiger partial charge in [-0.1, -0.05) is 28.1 Å². The molecular formula is C19H20BrNO3. The molecule has 126 valence electrons. The van der Waals surface area contributed by atoms with Crippen molar-refractivity contribution in [3.05, 3.63) is 58.1 Å². The SMILES string of the molecule is O=C(NC1CCC(c2ccc(O)cc2O)CC1)c1cccc(Br)c1. The first-order valence-corrected chi connectivity index (χ1v) is 8.90. The molecule has 0 bridgehead atoms. The molecule has 5 heteroatoms. The molecule has 3 N–H and O–H groups in total. The maximum Gasteiger partial charge on any atom is 0.251 e. The van der Waals surface area contributed by atoms with Gasteiger partial charge in [0.1, 0.15) is 11.5 Å². The van der Waals surface area contributed by atoms with Crippen LogP contribution in [0.25, 0.3) is 0 Å². The van der Waals surface area contributed by atoms with Gasteiger partial charge in [0.05, 0.1) is 0 Å². The van der Waals surface area contributed by atoms with Gasteiger partial charge < -0.3 is 15.5 Å². The van der Waals surface area contributed by atoms with Crippen molar-refractivity contribution in [3.63, 3.8) is 0 Å². The molecule has 1 aliphatic carbocycles. The van der Waals surface area contributed by atoms with Crippen LogP contribution in [0.15, 0.2) is 46.9 Å². The zero-order valence-electron chi connectivity index (χ0n) is 13.2. The molecular weight excluding hydrogens is 370 g/mol. The van der Waals surface area contributed by atoms with E-state index >= 15 is 0 Å². The third kappa shape index (κ3) is 3.90. The van der Waals surface area contributed by atoms with Gasteiger partial charge in [-0.3, -0.25) is 4.79 Å². The van der Waals surface area contributed by atoms with Gasteiger partial charge in [0.15, 0.2) is 0 Å². The van der Waals surface area contributed by atoms with Crippen LogP contribution >= 0.6 is 15.9 Å². The summed E-state index contributed by atoms with van der Waals surface area (Å²) in [4.78, 5) is 12.3. The van der Waals surface area contributed by atoms with Gasteiger partial charge in [-0.25, -0.2) is 0 Å². The molecule has 0 aromatic heterocycles. The Labute approximate surface area is 149 Å². The summed E-state index contributed by atoms with van der Waals surface area (Å²) in [5.74, 6) is 0.444. The highest BCUT2D eigenvalue weighted by Crippen LogP contribution is 2.38. The van der Waals surface area contributed by atoms with Crippen LogP contribution in [-0.4, -0.2) is 22.2 Å². The molecule has 3 rings (SSSR count). The first-order chi connectivity index (χ1) is 11.5. The van der Waals surface area contributed by atoms with Crippen molar-refractivity contribution < 1.29 is 15.0 Å². The molecule has 4 nitrogen and oxygen atoms in total. The maximum atomic E-state index is 12.3. The molecule has 0 radical (unpaired) electrons. The van der Waals surface area contributed by atoms with E-state index in [-0.39, 0.29) is 29.4 Å². The second-order valence-corrected chi connectivity index (χ2v) is 7.19. The van der Waals surface area contributed by atoms with E-state index in [1.165, 1.54) is 6.07 Å². The van der Waals surface area contributed by atoms with E-state index in [1.54, 1.807) is 18.2 Å². The number of amides is 1. The molecule has 1 amide bonds. The molecule has 0 spiro atoms. The lowest BCUT2D eigenvalue weighted by Gasteiger charge is -2.29. The van der Waals surface area contributed by atoms with E-state index < -0.39 is 0 Å². The molecule has 2 aromatic carbocycles. The second kappa shape index (κ2) is 7.26. The molecule has 1 fully saturated rings. The highest BCUT2D eigenvalue weighted by molar-refractivity contribution is 9.10. The fourth-order valence-corrected chi connectivity index (χ4v) is 3.72. The molecule has 0 aliphatic heterocycles. The Bertz CT molecular complexity index is 739. The largest absolute Gasteiger partial charge is 0.508 e. The molecule has 24 heavy (non-hydrogen) atoms. The van der Waals surface area contributed by atoms with Crippen LogP contribution in [0.4, 0.5) is 0 Å². The molecule has 0 saturated heterocycles. The molecule has 0 heterocycles. The third-order valence-electron chi connectivity index (χ3n) is 4.60. The zero-order chi connectivity index (χ0) is 17.1. The average molecular weight is 390 g/mol. The normalized spacial score (nSPS) is 20.5. The number of phenols is 2. The average Bonchev–Trinajstić information content (AvgIpc) is 2.56. The lowest BCUT2D eigenvalue weighted by atomic mass is 9.81. The quantitative estimate of drug-likeness (QED) is 0.731. The fraction of sp³-hybridized carbons (Fsp3) is 0.316. The third-order valence-corrected chi connectivity index (χ3v) is 5.10. The second-order valence-electron chi connectivity index (χ2n) is 6.28. The first-order valence-electron chi connectivity index (χ1n) is 8.11. The minimum Gasteiger partial charge on any atom is -0.508 e. The summed E-state index contributed by atoms with van der Waals surface area (Å²) in [7, 11) is 0. The van der Waals surface area contributed by atoms with Crippen LogP contribution < -0.4 is 5.32 Å².